The number of nitrogens with zero attached hydrogens (tertiary/aromatic N) is 2. The van der Waals surface area contributed by atoms with Crippen LogP contribution >= 0.6 is 10.7 Å². The van der Waals surface area contributed by atoms with Crippen molar-refractivity contribution >= 4 is 19.7 Å². The van der Waals surface area contributed by atoms with Crippen molar-refractivity contribution in [3.63, 3.8) is 0 Å². The van der Waals surface area contributed by atoms with E-state index in [1.54, 1.807) is 18.2 Å². The minimum Gasteiger partial charge on any atom is -0.342 e. The van der Waals surface area contributed by atoms with Crippen LogP contribution in [0.5, 0.6) is 0 Å². The van der Waals surface area contributed by atoms with Crippen LogP contribution in [-0.2, 0) is 9.05 Å². The van der Waals surface area contributed by atoms with Gasteiger partial charge in [0.15, 0.2) is 0 Å². The average Bonchev–Trinajstić information content (AvgIpc) is 2.69. The van der Waals surface area contributed by atoms with Gasteiger partial charge in [0.25, 0.3) is 9.05 Å². The Labute approximate surface area is 90.1 Å². The largest absolute Gasteiger partial charge is 0.342 e. The van der Waals surface area contributed by atoms with Crippen LogP contribution in [0.3, 0.4) is 0 Å². The molecule has 0 spiro atoms. The molecule has 0 aliphatic heterocycles. The highest BCUT2D eigenvalue weighted by Gasteiger charge is 2.18. The van der Waals surface area contributed by atoms with Crippen molar-refractivity contribution in [2.75, 3.05) is 0 Å². The Morgan fingerprint density at radius 2 is 2.00 bits per heavy atom. The lowest BCUT2D eigenvalue weighted by Gasteiger charge is -2.00. The third kappa shape index (κ3) is 2.00. The maximum absolute atomic E-state index is 11.2. The highest BCUT2D eigenvalue weighted by Crippen LogP contribution is 2.26. The Bertz CT molecular complexity index is 565. The van der Waals surface area contributed by atoms with E-state index < -0.39 is 9.05 Å². The summed E-state index contributed by atoms with van der Waals surface area (Å²) in [6, 6.07) is 6.17. The van der Waals surface area contributed by atoms with E-state index in [2.05, 4.69) is 14.7 Å². The molecule has 0 fully saturated rings. The third-order valence-corrected chi connectivity index (χ3v) is 3.13. The molecule has 2 aromatic rings. The van der Waals surface area contributed by atoms with E-state index in [1.165, 1.54) is 6.07 Å². The summed E-state index contributed by atoms with van der Waals surface area (Å²) in [4.78, 5) is 3.73. The minimum absolute atomic E-state index is 0.0342. The predicted octanol–water partition coefficient (Wildman–Crippen LogP) is 1.66. The second kappa shape index (κ2) is 3.63. The first-order valence-electron chi connectivity index (χ1n) is 3.89. The molecular formula is C8H5ClN2O3S. The van der Waals surface area contributed by atoms with Gasteiger partial charge in [-0.2, -0.15) is 4.98 Å². The molecule has 1 heterocycles. The van der Waals surface area contributed by atoms with Gasteiger partial charge in [-0.05, 0) is 12.1 Å². The molecule has 1 aromatic heterocycles. The number of hydrogen-bond acceptors (Lipinski definition) is 5. The maximum Gasteiger partial charge on any atom is 0.262 e. The summed E-state index contributed by atoms with van der Waals surface area (Å²) in [5.41, 5.74) is 0.321. The summed E-state index contributed by atoms with van der Waals surface area (Å²) in [7, 11) is 1.46. The van der Waals surface area contributed by atoms with E-state index in [9.17, 15) is 8.42 Å². The molecule has 1 aromatic carbocycles. The molecule has 15 heavy (non-hydrogen) atoms. The number of hydrogen-bond donors (Lipinski definition) is 0. The summed E-state index contributed by atoms with van der Waals surface area (Å²) in [6.45, 7) is 0. The zero-order chi connectivity index (χ0) is 10.9. The summed E-state index contributed by atoms with van der Waals surface area (Å²) < 4.78 is 27.0. The fourth-order valence-corrected chi connectivity index (χ4v) is 2.22. The van der Waals surface area contributed by atoms with Gasteiger partial charge in [-0.15, -0.1) is 0 Å². The summed E-state index contributed by atoms with van der Waals surface area (Å²) in [5.74, 6) is 0.190. The van der Waals surface area contributed by atoms with Gasteiger partial charge in [0.1, 0.15) is 0 Å². The smallest absolute Gasteiger partial charge is 0.262 e. The monoisotopic (exact) mass is 244 g/mol. The SMILES string of the molecule is O=S(=O)(Cl)c1ccccc1-c1ncon1. The molecule has 2 rings (SSSR count). The van der Waals surface area contributed by atoms with Crippen molar-refractivity contribution in [1.29, 1.82) is 0 Å². The lowest BCUT2D eigenvalue weighted by molar-refractivity contribution is 0.418. The van der Waals surface area contributed by atoms with Crippen molar-refractivity contribution < 1.29 is 12.9 Å². The molecule has 0 amide bonds. The van der Waals surface area contributed by atoms with Gasteiger partial charge in [-0.1, -0.05) is 17.3 Å². The Morgan fingerprint density at radius 1 is 1.27 bits per heavy atom. The highest BCUT2D eigenvalue weighted by atomic mass is 35.7. The van der Waals surface area contributed by atoms with Crippen LogP contribution in [0.1, 0.15) is 0 Å². The first-order chi connectivity index (χ1) is 7.09. The van der Waals surface area contributed by atoms with Crippen molar-refractivity contribution in [3.8, 4) is 11.4 Å². The zero-order valence-electron chi connectivity index (χ0n) is 7.29. The Morgan fingerprint density at radius 3 is 2.60 bits per heavy atom. The van der Waals surface area contributed by atoms with Crippen LogP contribution in [0, 0.1) is 0 Å². The fraction of sp³-hybridized carbons (Fsp3) is 0. The molecule has 0 saturated heterocycles. The van der Waals surface area contributed by atoms with Crippen LogP contribution in [-0.4, -0.2) is 18.6 Å². The normalized spacial score (nSPS) is 11.5. The van der Waals surface area contributed by atoms with Gasteiger partial charge in [0.2, 0.25) is 12.2 Å². The van der Waals surface area contributed by atoms with Crippen LogP contribution in [0.2, 0.25) is 0 Å². The van der Waals surface area contributed by atoms with Crippen LogP contribution in [0.4, 0.5) is 0 Å². The van der Waals surface area contributed by atoms with E-state index in [1.807, 2.05) is 0 Å². The molecular weight excluding hydrogens is 240 g/mol. The van der Waals surface area contributed by atoms with E-state index >= 15 is 0 Å². The summed E-state index contributed by atoms with van der Waals surface area (Å²) >= 11 is 0. The highest BCUT2D eigenvalue weighted by molar-refractivity contribution is 8.13. The van der Waals surface area contributed by atoms with Crippen molar-refractivity contribution in [2.45, 2.75) is 4.90 Å². The van der Waals surface area contributed by atoms with Gasteiger partial charge in [-0.3, -0.25) is 0 Å². The van der Waals surface area contributed by atoms with Gasteiger partial charge >= 0.3 is 0 Å². The molecule has 0 N–H and O–H groups in total. The van der Waals surface area contributed by atoms with Crippen molar-refractivity contribution in [2.24, 2.45) is 0 Å². The molecule has 0 aliphatic rings. The molecule has 0 unspecified atom stereocenters. The lowest BCUT2D eigenvalue weighted by atomic mass is 10.2. The molecule has 0 saturated carbocycles. The maximum atomic E-state index is 11.2. The fourth-order valence-electron chi connectivity index (χ4n) is 1.15. The van der Waals surface area contributed by atoms with Crippen molar-refractivity contribution in [3.05, 3.63) is 30.7 Å². The van der Waals surface area contributed by atoms with Crippen LogP contribution in [0.25, 0.3) is 11.4 Å². The van der Waals surface area contributed by atoms with E-state index in [-0.39, 0.29) is 10.7 Å². The molecule has 7 heteroatoms. The molecule has 0 bridgehead atoms. The van der Waals surface area contributed by atoms with Crippen LogP contribution < -0.4 is 0 Å². The zero-order valence-corrected chi connectivity index (χ0v) is 8.86. The molecule has 0 aliphatic carbocycles. The van der Waals surface area contributed by atoms with Gasteiger partial charge in [-0.25, -0.2) is 8.42 Å². The standard InChI is InChI=1S/C8H5ClN2O3S/c9-15(12,13)7-4-2-1-3-6(7)8-10-5-14-11-8/h1-5H. The Kier molecular flexibility index (Phi) is 2.45. The predicted molar refractivity (Wildman–Crippen MR) is 52.8 cm³/mol. The van der Waals surface area contributed by atoms with E-state index in [4.69, 9.17) is 10.7 Å². The van der Waals surface area contributed by atoms with Crippen molar-refractivity contribution in [1.82, 2.24) is 10.1 Å². The first kappa shape index (κ1) is 10.1. The van der Waals surface area contributed by atoms with Gasteiger partial charge < -0.3 is 4.52 Å². The third-order valence-electron chi connectivity index (χ3n) is 1.75. The molecule has 5 nitrogen and oxygen atoms in total. The Balaban J connectivity index is 2.68. The summed E-state index contributed by atoms with van der Waals surface area (Å²) in [5, 5.41) is 3.55. The van der Waals surface area contributed by atoms with Crippen LogP contribution in [0.15, 0.2) is 40.1 Å². The minimum atomic E-state index is -3.81. The lowest BCUT2D eigenvalue weighted by Crippen LogP contribution is -1.95. The molecule has 0 radical (unpaired) electrons. The van der Waals surface area contributed by atoms with E-state index in [0.717, 1.165) is 6.39 Å². The quantitative estimate of drug-likeness (QED) is 0.752. The number of rotatable bonds is 2. The molecule has 78 valence electrons. The number of halogens is 1. The first-order valence-corrected chi connectivity index (χ1v) is 6.20. The van der Waals surface area contributed by atoms with Gasteiger partial charge in [0, 0.05) is 16.2 Å². The number of aromatic nitrogens is 2. The second-order valence-electron chi connectivity index (χ2n) is 2.69. The Hall–Kier alpha value is -1.40. The average molecular weight is 245 g/mol. The number of benzene rings is 1. The van der Waals surface area contributed by atoms with Gasteiger partial charge in [0.05, 0.1) is 4.90 Å². The summed E-state index contributed by atoms with van der Waals surface area (Å²) in [6.07, 6.45) is 1.12. The second-order valence-corrected chi connectivity index (χ2v) is 5.22. The molecule has 0 atom stereocenters. The topological polar surface area (TPSA) is 73.1 Å². The van der Waals surface area contributed by atoms with E-state index in [0.29, 0.717) is 5.56 Å².